The van der Waals surface area contributed by atoms with Gasteiger partial charge in [-0.15, -0.1) is 11.3 Å². The van der Waals surface area contributed by atoms with Crippen molar-refractivity contribution in [2.45, 2.75) is 25.3 Å². The summed E-state index contributed by atoms with van der Waals surface area (Å²) in [7, 11) is 4.68. The molecule has 2 aromatic carbocycles. The van der Waals surface area contributed by atoms with Crippen LogP contribution in [0, 0.1) is 0 Å². The Hall–Kier alpha value is -2.80. The second kappa shape index (κ2) is 8.29. The van der Waals surface area contributed by atoms with E-state index in [9.17, 15) is 4.79 Å². The van der Waals surface area contributed by atoms with Crippen molar-refractivity contribution in [2.24, 2.45) is 0 Å². The average molecular weight is 413 g/mol. The standard InChI is InChI=1S/C22H24N2O4S/c1-26-17-13-19(28-3)18(27-2)12-14(17)22(25)24-11-7-6-9-16(24)21-23-15-8-4-5-10-20(15)29-21/h4-5,8,10,12-13,16H,6-7,9,11H2,1-3H3. The molecule has 1 unspecified atom stereocenters. The summed E-state index contributed by atoms with van der Waals surface area (Å²) in [5.41, 5.74) is 1.45. The maximum absolute atomic E-state index is 13.6. The van der Waals surface area contributed by atoms with Crippen LogP contribution < -0.4 is 14.2 Å². The van der Waals surface area contributed by atoms with Crippen molar-refractivity contribution in [3.05, 3.63) is 47.0 Å². The number of fused-ring (bicyclic) bond motifs is 1. The van der Waals surface area contributed by atoms with Gasteiger partial charge in [-0.2, -0.15) is 0 Å². The Balaban J connectivity index is 1.72. The van der Waals surface area contributed by atoms with Gasteiger partial charge in [0.1, 0.15) is 10.8 Å². The number of para-hydroxylation sites is 1. The Morgan fingerprint density at radius 3 is 2.48 bits per heavy atom. The lowest BCUT2D eigenvalue weighted by Gasteiger charge is -2.35. The molecule has 7 heteroatoms. The van der Waals surface area contributed by atoms with E-state index >= 15 is 0 Å². The first kappa shape index (κ1) is 19.5. The van der Waals surface area contributed by atoms with E-state index in [0.29, 0.717) is 29.4 Å². The van der Waals surface area contributed by atoms with Gasteiger partial charge in [0.15, 0.2) is 11.5 Å². The summed E-state index contributed by atoms with van der Waals surface area (Å²) in [5.74, 6) is 1.43. The smallest absolute Gasteiger partial charge is 0.258 e. The Morgan fingerprint density at radius 1 is 1.03 bits per heavy atom. The lowest BCUT2D eigenvalue weighted by atomic mass is 10.0. The Labute approximate surface area is 174 Å². The van der Waals surface area contributed by atoms with Gasteiger partial charge in [0.05, 0.1) is 43.2 Å². The minimum atomic E-state index is -0.0771. The van der Waals surface area contributed by atoms with Crippen molar-refractivity contribution in [3.8, 4) is 17.2 Å². The molecule has 4 rings (SSSR count). The van der Waals surface area contributed by atoms with Gasteiger partial charge in [0.2, 0.25) is 0 Å². The fraction of sp³-hybridized carbons (Fsp3) is 0.364. The highest BCUT2D eigenvalue weighted by Crippen LogP contribution is 2.39. The number of methoxy groups -OCH3 is 3. The molecular formula is C22H24N2O4S. The van der Waals surface area contributed by atoms with Gasteiger partial charge in [0, 0.05) is 18.7 Å². The highest BCUT2D eigenvalue weighted by molar-refractivity contribution is 7.18. The lowest BCUT2D eigenvalue weighted by molar-refractivity contribution is 0.0607. The number of benzene rings is 2. The third-order valence-electron chi connectivity index (χ3n) is 5.30. The first-order valence-corrected chi connectivity index (χ1v) is 10.4. The van der Waals surface area contributed by atoms with Crippen LogP contribution in [-0.4, -0.2) is 43.7 Å². The van der Waals surface area contributed by atoms with Gasteiger partial charge >= 0.3 is 0 Å². The molecule has 0 radical (unpaired) electrons. The SMILES string of the molecule is COc1cc(OC)c(C(=O)N2CCCCC2c2nc3ccccc3s2)cc1OC. The van der Waals surface area contributed by atoms with Crippen molar-refractivity contribution < 1.29 is 19.0 Å². The number of nitrogens with zero attached hydrogens (tertiary/aromatic N) is 2. The summed E-state index contributed by atoms with van der Waals surface area (Å²) in [6.07, 6.45) is 2.96. The monoisotopic (exact) mass is 412 g/mol. The number of likely N-dealkylation sites (tertiary alicyclic amines) is 1. The summed E-state index contributed by atoms with van der Waals surface area (Å²) >= 11 is 1.66. The Kier molecular flexibility index (Phi) is 5.58. The van der Waals surface area contributed by atoms with Crippen LogP contribution in [0.3, 0.4) is 0 Å². The van der Waals surface area contributed by atoms with Gasteiger partial charge in [0.25, 0.3) is 5.91 Å². The van der Waals surface area contributed by atoms with Crippen molar-refractivity contribution in [2.75, 3.05) is 27.9 Å². The molecule has 3 aromatic rings. The molecule has 1 fully saturated rings. The van der Waals surface area contributed by atoms with Crippen LogP contribution in [0.5, 0.6) is 17.2 Å². The molecule has 0 N–H and O–H groups in total. The summed E-state index contributed by atoms with van der Waals surface area (Å²) in [5, 5.41) is 0.985. The molecule has 1 aromatic heterocycles. The quantitative estimate of drug-likeness (QED) is 0.608. The Morgan fingerprint density at radius 2 is 1.76 bits per heavy atom. The highest BCUT2D eigenvalue weighted by atomic mass is 32.1. The fourth-order valence-electron chi connectivity index (χ4n) is 3.82. The molecule has 1 saturated heterocycles. The van der Waals surface area contributed by atoms with E-state index in [0.717, 1.165) is 34.5 Å². The zero-order valence-electron chi connectivity index (χ0n) is 16.8. The van der Waals surface area contributed by atoms with Gasteiger partial charge in [-0.05, 0) is 31.4 Å². The number of ether oxygens (including phenoxy) is 3. The number of piperidine rings is 1. The molecule has 2 heterocycles. The van der Waals surface area contributed by atoms with E-state index in [1.807, 2.05) is 23.1 Å². The molecule has 1 amide bonds. The summed E-state index contributed by atoms with van der Waals surface area (Å²) in [4.78, 5) is 20.3. The van der Waals surface area contributed by atoms with Gasteiger partial charge in [-0.1, -0.05) is 12.1 Å². The number of carbonyl (C=O) groups excluding carboxylic acids is 1. The second-order valence-electron chi connectivity index (χ2n) is 6.94. The van der Waals surface area contributed by atoms with Crippen LogP contribution in [0.4, 0.5) is 0 Å². The van der Waals surface area contributed by atoms with Crippen molar-refractivity contribution in [3.63, 3.8) is 0 Å². The predicted molar refractivity (Wildman–Crippen MR) is 113 cm³/mol. The number of amides is 1. The van der Waals surface area contributed by atoms with Gasteiger partial charge in [-0.25, -0.2) is 4.98 Å². The number of thiazole rings is 1. The molecule has 0 saturated carbocycles. The van der Waals surface area contributed by atoms with Crippen molar-refractivity contribution >= 4 is 27.5 Å². The summed E-state index contributed by atoms with van der Waals surface area (Å²) in [6, 6.07) is 11.5. The first-order chi connectivity index (χ1) is 14.2. The van der Waals surface area contributed by atoms with Crippen LogP contribution in [0.2, 0.25) is 0 Å². The van der Waals surface area contributed by atoms with Crippen LogP contribution in [-0.2, 0) is 0 Å². The van der Waals surface area contributed by atoms with Gasteiger partial charge in [-0.3, -0.25) is 4.79 Å². The molecule has 152 valence electrons. The minimum Gasteiger partial charge on any atom is -0.496 e. The largest absolute Gasteiger partial charge is 0.496 e. The molecular weight excluding hydrogens is 388 g/mol. The minimum absolute atomic E-state index is 0.0357. The van der Waals surface area contributed by atoms with Crippen LogP contribution in [0.15, 0.2) is 36.4 Å². The van der Waals surface area contributed by atoms with E-state index < -0.39 is 0 Å². The maximum Gasteiger partial charge on any atom is 0.258 e. The van der Waals surface area contributed by atoms with Gasteiger partial charge < -0.3 is 19.1 Å². The van der Waals surface area contributed by atoms with Crippen LogP contribution >= 0.6 is 11.3 Å². The van der Waals surface area contributed by atoms with Crippen molar-refractivity contribution in [1.29, 1.82) is 0 Å². The van der Waals surface area contributed by atoms with Crippen molar-refractivity contribution in [1.82, 2.24) is 9.88 Å². The summed E-state index contributed by atoms with van der Waals surface area (Å²) in [6.45, 7) is 0.691. The third-order valence-corrected chi connectivity index (χ3v) is 6.43. The van der Waals surface area contributed by atoms with E-state index in [-0.39, 0.29) is 11.9 Å². The second-order valence-corrected chi connectivity index (χ2v) is 8.00. The molecule has 6 nitrogen and oxygen atoms in total. The molecule has 0 aliphatic carbocycles. The fourth-order valence-corrected chi connectivity index (χ4v) is 4.93. The van der Waals surface area contributed by atoms with Crippen LogP contribution in [0.1, 0.15) is 40.7 Å². The van der Waals surface area contributed by atoms with E-state index in [1.165, 1.54) is 0 Å². The van der Waals surface area contributed by atoms with E-state index in [1.54, 1.807) is 44.8 Å². The number of carbonyl (C=O) groups is 1. The topological polar surface area (TPSA) is 60.9 Å². The van der Waals surface area contributed by atoms with E-state index in [4.69, 9.17) is 19.2 Å². The molecule has 0 bridgehead atoms. The summed E-state index contributed by atoms with van der Waals surface area (Å²) < 4.78 is 17.4. The molecule has 0 spiro atoms. The molecule has 29 heavy (non-hydrogen) atoms. The normalized spacial score (nSPS) is 16.7. The highest BCUT2D eigenvalue weighted by Gasteiger charge is 2.33. The maximum atomic E-state index is 13.6. The number of hydrogen-bond donors (Lipinski definition) is 0. The molecule has 1 aliphatic rings. The zero-order chi connectivity index (χ0) is 20.4. The van der Waals surface area contributed by atoms with Crippen LogP contribution in [0.25, 0.3) is 10.2 Å². The molecule has 1 aliphatic heterocycles. The third kappa shape index (κ3) is 3.62. The number of aromatic nitrogens is 1. The molecule has 1 atom stereocenters. The number of hydrogen-bond acceptors (Lipinski definition) is 6. The van der Waals surface area contributed by atoms with E-state index in [2.05, 4.69) is 6.07 Å². The average Bonchev–Trinajstić information content (AvgIpc) is 3.21. The number of rotatable bonds is 5. The lowest BCUT2D eigenvalue weighted by Crippen LogP contribution is -2.38. The zero-order valence-corrected chi connectivity index (χ0v) is 17.6. The Bertz CT molecular complexity index is 1000. The first-order valence-electron chi connectivity index (χ1n) is 9.62. The predicted octanol–water partition coefficient (Wildman–Crippen LogP) is 4.69.